The molecule has 21 heavy (non-hydrogen) atoms. The van der Waals surface area contributed by atoms with E-state index >= 15 is 0 Å². The summed E-state index contributed by atoms with van der Waals surface area (Å²) in [6.45, 7) is 0.671. The maximum absolute atomic E-state index is 11.5. The molecule has 0 radical (unpaired) electrons. The lowest BCUT2D eigenvalue weighted by molar-refractivity contribution is 0.141. The lowest BCUT2D eigenvalue weighted by Crippen LogP contribution is -2.24. The van der Waals surface area contributed by atoms with Crippen LogP contribution in [0.4, 0.5) is 4.79 Å². The van der Waals surface area contributed by atoms with Gasteiger partial charge in [-0.05, 0) is 23.3 Å². The van der Waals surface area contributed by atoms with Crippen molar-refractivity contribution < 1.29 is 9.53 Å². The second kappa shape index (κ2) is 8.12. The Bertz CT molecular complexity index is 611. The van der Waals surface area contributed by atoms with Crippen LogP contribution in [0.5, 0.6) is 0 Å². The summed E-state index contributed by atoms with van der Waals surface area (Å²) < 4.78 is 5.09. The Morgan fingerprint density at radius 2 is 1.95 bits per heavy atom. The summed E-state index contributed by atoms with van der Waals surface area (Å²) in [6.07, 6.45) is 3.30. The van der Waals surface area contributed by atoms with Gasteiger partial charge in [0.2, 0.25) is 0 Å². The molecule has 0 heterocycles. The second-order valence-electron chi connectivity index (χ2n) is 4.40. The molecule has 0 aliphatic carbocycles. The first-order chi connectivity index (χ1) is 10.2. The third-order valence-corrected chi connectivity index (χ3v) is 2.97. The molecule has 2 aromatic carbocycles. The number of rotatable bonds is 5. The van der Waals surface area contributed by atoms with Crippen molar-refractivity contribution in [2.75, 3.05) is 6.54 Å². The fraction of sp³-hybridized carbons (Fsp3) is 0.118. The molecule has 1 amide bonds. The zero-order valence-corrected chi connectivity index (χ0v) is 12.2. The van der Waals surface area contributed by atoms with E-state index in [1.54, 1.807) is 0 Å². The van der Waals surface area contributed by atoms with Gasteiger partial charge in [0.15, 0.2) is 0 Å². The van der Waals surface area contributed by atoms with E-state index in [1.807, 2.05) is 66.7 Å². The standard InChI is InChI=1S/C17H16ClNO2/c18-16-10-4-8-14(12-16)9-5-11-19-17(20)21-13-15-6-2-1-3-7-15/h1-10,12H,11,13H2,(H,19,20). The number of hydrogen-bond acceptors (Lipinski definition) is 2. The molecule has 4 heteroatoms. The average Bonchev–Trinajstić information content (AvgIpc) is 2.51. The van der Waals surface area contributed by atoms with E-state index in [-0.39, 0.29) is 6.61 Å². The van der Waals surface area contributed by atoms with Gasteiger partial charge in [-0.25, -0.2) is 4.79 Å². The lowest BCUT2D eigenvalue weighted by atomic mass is 10.2. The Labute approximate surface area is 129 Å². The molecule has 3 nitrogen and oxygen atoms in total. The summed E-state index contributed by atoms with van der Waals surface area (Å²) >= 11 is 5.88. The molecular weight excluding hydrogens is 286 g/mol. The minimum atomic E-state index is -0.436. The number of alkyl carbamates (subject to hydrolysis) is 1. The van der Waals surface area contributed by atoms with Crippen molar-refractivity contribution >= 4 is 23.8 Å². The van der Waals surface area contributed by atoms with Crippen molar-refractivity contribution in [2.24, 2.45) is 0 Å². The fourth-order valence-electron chi connectivity index (χ4n) is 1.72. The Morgan fingerprint density at radius 3 is 2.71 bits per heavy atom. The van der Waals surface area contributed by atoms with E-state index in [9.17, 15) is 4.79 Å². The van der Waals surface area contributed by atoms with E-state index < -0.39 is 6.09 Å². The predicted molar refractivity (Wildman–Crippen MR) is 85.1 cm³/mol. The molecule has 1 N–H and O–H groups in total. The molecule has 2 rings (SSSR count). The van der Waals surface area contributed by atoms with Crippen LogP contribution in [0.25, 0.3) is 6.08 Å². The van der Waals surface area contributed by atoms with Gasteiger partial charge in [-0.15, -0.1) is 0 Å². The first-order valence-electron chi connectivity index (χ1n) is 6.61. The smallest absolute Gasteiger partial charge is 0.407 e. The summed E-state index contributed by atoms with van der Waals surface area (Å²) in [5.41, 5.74) is 1.95. The van der Waals surface area contributed by atoms with Gasteiger partial charge in [0.1, 0.15) is 6.61 Å². The van der Waals surface area contributed by atoms with Crippen LogP contribution in [0.2, 0.25) is 5.02 Å². The number of ether oxygens (including phenoxy) is 1. The first kappa shape index (κ1) is 15.1. The maximum Gasteiger partial charge on any atom is 0.407 e. The minimum absolute atomic E-state index is 0.269. The normalized spacial score (nSPS) is 10.5. The number of carbonyl (C=O) groups is 1. The number of carbonyl (C=O) groups excluding carboxylic acids is 1. The molecule has 0 atom stereocenters. The number of nitrogens with one attached hydrogen (secondary N) is 1. The number of hydrogen-bond donors (Lipinski definition) is 1. The van der Waals surface area contributed by atoms with Crippen molar-refractivity contribution in [3.63, 3.8) is 0 Å². The van der Waals surface area contributed by atoms with Crippen LogP contribution in [0.1, 0.15) is 11.1 Å². The lowest BCUT2D eigenvalue weighted by Gasteiger charge is -2.05. The van der Waals surface area contributed by atoms with E-state index in [0.29, 0.717) is 11.6 Å². The van der Waals surface area contributed by atoms with Gasteiger partial charge in [0.25, 0.3) is 0 Å². The molecule has 0 spiro atoms. The first-order valence-corrected chi connectivity index (χ1v) is 6.98. The maximum atomic E-state index is 11.5. The molecule has 0 bridgehead atoms. The van der Waals surface area contributed by atoms with Gasteiger partial charge in [0.05, 0.1) is 0 Å². The Hall–Kier alpha value is -2.26. The molecule has 0 saturated heterocycles. The highest BCUT2D eigenvalue weighted by Gasteiger charge is 2.00. The van der Waals surface area contributed by atoms with E-state index in [0.717, 1.165) is 11.1 Å². The quantitative estimate of drug-likeness (QED) is 0.895. The van der Waals surface area contributed by atoms with Crippen LogP contribution in [0.15, 0.2) is 60.7 Å². The Balaban J connectivity index is 1.69. The Kier molecular flexibility index (Phi) is 5.85. The summed E-state index contributed by atoms with van der Waals surface area (Å²) in [5.74, 6) is 0. The van der Waals surface area contributed by atoms with Crippen LogP contribution in [0, 0.1) is 0 Å². The van der Waals surface area contributed by atoms with Crippen molar-refractivity contribution in [3.8, 4) is 0 Å². The topological polar surface area (TPSA) is 38.3 Å². The molecule has 2 aromatic rings. The third kappa shape index (κ3) is 5.71. The van der Waals surface area contributed by atoms with Gasteiger partial charge in [-0.2, -0.15) is 0 Å². The molecule has 108 valence electrons. The predicted octanol–water partition coefficient (Wildman–Crippen LogP) is 4.28. The summed E-state index contributed by atoms with van der Waals surface area (Å²) in [5, 5.41) is 3.34. The minimum Gasteiger partial charge on any atom is -0.445 e. The van der Waals surface area contributed by atoms with Gasteiger partial charge >= 0.3 is 6.09 Å². The third-order valence-electron chi connectivity index (χ3n) is 2.74. The Morgan fingerprint density at radius 1 is 1.14 bits per heavy atom. The zero-order valence-electron chi connectivity index (χ0n) is 11.5. The summed E-state index contributed by atoms with van der Waals surface area (Å²) in [6, 6.07) is 17.0. The molecule has 0 unspecified atom stereocenters. The van der Waals surface area contributed by atoms with Crippen LogP contribution < -0.4 is 5.32 Å². The van der Waals surface area contributed by atoms with Crippen molar-refractivity contribution in [3.05, 3.63) is 76.8 Å². The zero-order chi connectivity index (χ0) is 14.9. The summed E-state index contributed by atoms with van der Waals surface area (Å²) in [4.78, 5) is 11.5. The highest BCUT2D eigenvalue weighted by atomic mass is 35.5. The second-order valence-corrected chi connectivity index (χ2v) is 4.84. The summed E-state index contributed by atoms with van der Waals surface area (Å²) in [7, 11) is 0. The highest BCUT2D eigenvalue weighted by molar-refractivity contribution is 6.30. The van der Waals surface area contributed by atoms with Crippen LogP contribution in [0.3, 0.4) is 0 Å². The largest absolute Gasteiger partial charge is 0.445 e. The number of benzene rings is 2. The molecule has 0 aliphatic heterocycles. The van der Waals surface area contributed by atoms with E-state index in [1.165, 1.54) is 0 Å². The van der Waals surface area contributed by atoms with Crippen LogP contribution >= 0.6 is 11.6 Å². The molecular formula is C17H16ClNO2. The van der Waals surface area contributed by atoms with Gasteiger partial charge in [-0.3, -0.25) is 0 Å². The van der Waals surface area contributed by atoms with E-state index in [4.69, 9.17) is 16.3 Å². The van der Waals surface area contributed by atoms with Crippen molar-refractivity contribution in [1.29, 1.82) is 0 Å². The van der Waals surface area contributed by atoms with Gasteiger partial charge in [-0.1, -0.05) is 66.2 Å². The van der Waals surface area contributed by atoms with E-state index in [2.05, 4.69) is 5.32 Å². The molecule has 0 fully saturated rings. The average molecular weight is 302 g/mol. The van der Waals surface area contributed by atoms with Gasteiger partial charge < -0.3 is 10.1 Å². The SMILES string of the molecule is O=C(NCC=Cc1cccc(Cl)c1)OCc1ccccc1. The fourth-order valence-corrected chi connectivity index (χ4v) is 1.92. The van der Waals surface area contributed by atoms with Crippen molar-refractivity contribution in [1.82, 2.24) is 5.32 Å². The highest BCUT2D eigenvalue weighted by Crippen LogP contribution is 2.11. The molecule has 0 aliphatic rings. The number of halogens is 1. The molecule has 0 saturated carbocycles. The van der Waals surface area contributed by atoms with Crippen molar-refractivity contribution in [2.45, 2.75) is 6.61 Å². The van der Waals surface area contributed by atoms with Crippen LogP contribution in [-0.4, -0.2) is 12.6 Å². The van der Waals surface area contributed by atoms with Crippen LogP contribution in [-0.2, 0) is 11.3 Å². The van der Waals surface area contributed by atoms with Gasteiger partial charge in [0, 0.05) is 11.6 Å². The molecule has 0 aromatic heterocycles. The monoisotopic (exact) mass is 301 g/mol. The number of amides is 1.